The molecule has 0 saturated heterocycles. The molecule has 0 unspecified atom stereocenters. The van der Waals surface area contributed by atoms with Crippen molar-refractivity contribution in [1.29, 1.82) is 0 Å². The second-order valence-corrected chi connectivity index (χ2v) is 2.58. The average Bonchev–Trinajstić information content (AvgIpc) is 2.08. The molecule has 0 atom stereocenters. The van der Waals surface area contributed by atoms with Gasteiger partial charge in [0.1, 0.15) is 5.82 Å². The summed E-state index contributed by atoms with van der Waals surface area (Å²) in [5.41, 5.74) is 4.42. The monoisotopic (exact) mass is 204 g/mol. The Morgan fingerprint density at radius 2 is 2.00 bits per heavy atom. The lowest BCUT2D eigenvalue weighted by atomic mass is 10.2. The SMILES string of the molecule is NC(=O)NCc1cc(F)cc(F)c1F. The maximum atomic E-state index is 12.9. The fraction of sp³-hybridized carbons (Fsp3) is 0.125. The number of hydrogen-bond donors (Lipinski definition) is 2. The Balaban J connectivity index is 2.90. The van der Waals surface area contributed by atoms with E-state index in [4.69, 9.17) is 5.73 Å². The van der Waals surface area contributed by atoms with Gasteiger partial charge in [-0.05, 0) is 6.07 Å². The fourth-order valence-electron chi connectivity index (χ4n) is 0.920. The molecule has 0 saturated carbocycles. The third-order valence-electron chi connectivity index (χ3n) is 1.52. The van der Waals surface area contributed by atoms with Crippen molar-refractivity contribution in [3.05, 3.63) is 35.1 Å². The van der Waals surface area contributed by atoms with Crippen molar-refractivity contribution in [2.75, 3.05) is 0 Å². The number of urea groups is 1. The number of benzene rings is 1. The minimum Gasteiger partial charge on any atom is -0.352 e. The van der Waals surface area contributed by atoms with Crippen LogP contribution < -0.4 is 11.1 Å². The summed E-state index contributed by atoms with van der Waals surface area (Å²) < 4.78 is 38.1. The van der Waals surface area contributed by atoms with Gasteiger partial charge in [-0.2, -0.15) is 0 Å². The van der Waals surface area contributed by atoms with Crippen LogP contribution in [0.2, 0.25) is 0 Å². The molecule has 0 aliphatic rings. The Kier molecular flexibility index (Phi) is 2.95. The van der Waals surface area contributed by atoms with E-state index in [1.54, 1.807) is 0 Å². The summed E-state index contributed by atoms with van der Waals surface area (Å²) in [6.07, 6.45) is 0. The molecule has 0 bridgehead atoms. The highest BCUT2D eigenvalue weighted by Crippen LogP contribution is 2.13. The average molecular weight is 204 g/mol. The first-order valence-corrected chi connectivity index (χ1v) is 3.67. The molecule has 0 spiro atoms. The Morgan fingerprint density at radius 1 is 1.36 bits per heavy atom. The Labute approximate surface area is 77.7 Å². The minimum atomic E-state index is -1.30. The largest absolute Gasteiger partial charge is 0.352 e. The quantitative estimate of drug-likeness (QED) is 0.700. The van der Waals surface area contributed by atoms with Crippen LogP contribution in [0.5, 0.6) is 0 Å². The molecule has 0 aliphatic heterocycles. The number of nitrogens with one attached hydrogen (secondary N) is 1. The molecular weight excluding hydrogens is 197 g/mol. The van der Waals surface area contributed by atoms with Crippen molar-refractivity contribution in [1.82, 2.24) is 5.32 Å². The van der Waals surface area contributed by atoms with Gasteiger partial charge >= 0.3 is 6.03 Å². The minimum absolute atomic E-state index is 0.290. The van der Waals surface area contributed by atoms with Crippen molar-refractivity contribution < 1.29 is 18.0 Å². The Hall–Kier alpha value is -1.72. The van der Waals surface area contributed by atoms with Crippen molar-refractivity contribution in [3.8, 4) is 0 Å². The number of amides is 2. The Bertz CT molecular complexity index is 368. The van der Waals surface area contributed by atoms with Gasteiger partial charge in [-0.15, -0.1) is 0 Å². The molecule has 2 amide bonds. The summed E-state index contributed by atoms with van der Waals surface area (Å²) in [6, 6.07) is 0.311. The first-order valence-electron chi connectivity index (χ1n) is 3.67. The first-order chi connectivity index (χ1) is 6.50. The van der Waals surface area contributed by atoms with Crippen LogP contribution in [0.4, 0.5) is 18.0 Å². The maximum absolute atomic E-state index is 12.9. The van der Waals surface area contributed by atoms with Gasteiger partial charge in [-0.25, -0.2) is 18.0 Å². The van der Waals surface area contributed by atoms with Gasteiger partial charge in [-0.3, -0.25) is 0 Å². The predicted octanol–water partition coefficient (Wildman–Crippen LogP) is 1.27. The number of primary amides is 1. The lowest BCUT2D eigenvalue weighted by molar-refractivity contribution is 0.248. The highest BCUT2D eigenvalue weighted by Gasteiger charge is 2.10. The number of rotatable bonds is 2. The third kappa shape index (κ3) is 2.38. The topological polar surface area (TPSA) is 55.1 Å². The van der Waals surface area contributed by atoms with Gasteiger partial charge in [-0.1, -0.05) is 0 Å². The van der Waals surface area contributed by atoms with Crippen molar-refractivity contribution in [2.24, 2.45) is 5.73 Å². The number of nitrogens with two attached hydrogens (primary N) is 1. The van der Waals surface area contributed by atoms with Gasteiger partial charge in [0.2, 0.25) is 0 Å². The zero-order chi connectivity index (χ0) is 10.7. The molecule has 0 aliphatic carbocycles. The number of hydrogen-bond acceptors (Lipinski definition) is 1. The fourth-order valence-corrected chi connectivity index (χ4v) is 0.920. The van der Waals surface area contributed by atoms with E-state index in [-0.39, 0.29) is 12.1 Å². The standard InChI is InChI=1S/C8H7F3N2O/c9-5-1-4(3-13-8(12)14)7(11)6(10)2-5/h1-2H,3H2,(H3,12,13,14). The molecule has 6 heteroatoms. The predicted molar refractivity (Wildman–Crippen MR) is 42.7 cm³/mol. The molecule has 0 radical (unpaired) electrons. The van der Waals surface area contributed by atoms with Crippen molar-refractivity contribution in [2.45, 2.75) is 6.54 Å². The number of halogens is 3. The van der Waals surface area contributed by atoms with Gasteiger partial charge in [0.05, 0.1) is 0 Å². The lowest BCUT2D eigenvalue weighted by Crippen LogP contribution is -2.29. The van der Waals surface area contributed by atoms with Crippen LogP contribution in [0, 0.1) is 17.5 Å². The van der Waals surface area contributed by atoms with Crippen LogP contribution in [0.25, 0.3) is 0 Å². The summed E-state index contributed by atoms with van der Waals surface area (Å²) >= 11 is 0. The number of carbonyl (C=O) groups excluding carboxylic acids is 1. The summed E-state index contributed by atoms with van der Waals surface area (Å²) in [6.45, 7) is -0.351. The van der Waals surface area contributed by atoms with E-state index in [1.807, 2.05) is 5.32 Å². The van der Waals surface area contributed by atoms with E-state index in [2.05, 4.69) is 0 Å². The smallest absolute Gasteiger partial charge is 0.312 e. The van der Waals surface area contributed by atoms with Gasteiger partial charge < -0.3 is 11.1 Å². The molecule has 76 valence electrons. The molecule has 14 heavy (non-hydrogen) atoms. The third-order valence-corrected chi connectivity index (χ3v) is 1.52. The van der Waals surface area contributed by atoms with Crippen LogP contribution >= 0.6 is 0 Å². The molecule has 0 heterocycles. The molecule has 3 N–H and O–H groups in total. The van der Waals surface area contributed by atoms with Crippen LogP contribution in [-0.4, -0.2) is 6.03 Å². The Morgan fingerprint density at radius 3 is 2.57 bits per heavy atom. The van der Waals surface area contributed by atoms with Crippen molar-refractivity contribution >= 4 is 6.03 Å². The first kappa shape index (κ1) is 10.4. The van der Waals surface area contributed by atoms with E-state index in [1.165, 1.54) is 0 Å². The summed E-state index contributed by atoms with van der Waals surface area (Å²) in [5.74, 6) is -3.41. The summed E-state index contributed by atoms with van der Waals surface area (Å²) in [7, 11) is 0. The van der Waals surface area contributed by atoms with E-state index in [9.17, 15) is 18.0 Å². The molecule has 1 aromatic carbocycles. The molecule has 0 fully saturated rings. The lowest BCUT2D eigenvalue weighted by Gasteiger charge is -2.04. The van der Waals surface area contributed by atoms with Gasteiger partial charge in [0.25, 0.3) is 0 Å². The van der Waals surface area contributed by atoms with Crippen LogP contribution in [0.3, 0.4) is 0 Å². The second kappa shape index (κ2) is 3.99. The molecule has 0 aromatic heterocycles. The van der Waals surface area contributed by atoms with Crippen LogP contribution in [-0.2, 0) is 6.54 Å². The van der Waals surface area contributed by atoms with Crippen LogP contribution in [0.15, 0.2) is 12.1 Å². The van der Waals surface area contributed by atoms with E-state index >= 15 is 0 Å². The highest BCUT2D eigenvalue weighted by atomic mass is 19.2. The second-order valence-electron chi connectivity index (χ2n) is 2.58. The highest BCUT2D eigenvalue weighted by molar-refractivity contribution is 5.71. The molecule has 1 rings (SSSR count). The molecule has 1 aromatic rings. The van der Waals surface area contributed by atoms with E-state index < -0.39 is 23.5 Å². The van der Waals surface area contributed by atoms with E-state index in [0.717, 1.165) is 6.07 Å². The molecular formula is C8H7F3N2O. The van der Waals surface area contributed by atoms with Crippen LogP contribution in [0.1, 0.15) is 5.56 Å². The molecule has 3 nitrogen and oxygen atoms in total. The summed E-state index contributed by atoms with van der Waals surface area (Å²) in [4.78, 5) is 10.3. The zero-order valence-corrected chi connectivity index (χ0v) is 6.98. The van der Waals surface area contributed by atoms with Gasteiger partial charge in [0.15, 0.2) is 11.6 Å². The zero-order valence-electron chi connectivity index (χ0n) is 6.98. The maximum Gasteiger partial charge on any atom is 0.312 e. The number of carbonyl (C=O) groups is 1. The van der Waals surface area contributed by atoms with E-state index in [0.29, 0.717) is 6.07 Å². The normalized spacial score (nSPS) is 9.93. The summed E-state index contributed by atoms with van der Waals surface area (Å²) in [5, 5.41) is 2.02. The van der Waals surface area contributed by atoms with Crippen molar-refractivity contribution in [3.63, 3.8) is 0 Å². The van der Waals surface area contributed by atoms with Gasteiger partial charge in [0, 0.05) is 18.2 Å².